The van der Waals surface area contributed by atoms with E-state index in [2.05, 4.69) is 0 Å². The second-order valence-corrected chi connectivity index (χ2v) is 5.35. The molecule has 0 atom stereocenters. The molecule has 6 heteroatoms. The highest BCUT2D eigenvalue weighted by molar-refractivity contribution is 5.56. The lowest BCUT2D eigenvalue weighted by Gasteiger charge is -2.44. The molecule has 1 saturated carbocycles. The Hall–Kier alpha value is -1.43. The van der Waals surface area contributed by atoms with Crippen LogP contribution in [-0.2, 0) is 11.6 Å². The van der Waals surface area contributed by atoms with Crippen molar-refractivity contribution in [2.45, 2.75) is 30.9 Å². The van der Waals surface area contributed by atoms with E-state index in [0.29, 0.717) is 25.2 Å². The van der Waals surface area contributed by atoms with Gasteiger partial charge in [0.15, 0.2) is 11.5 Å². The molecule has 20 heavy (non-hydrogen) atoms. The highest BCUT2D eigenvalue weighted by Gasteiger charge is 2.47. The van der Waals surface area contributed by atoms with Crippen molar-refractivity contribution in [1.82, 2.24) is 0 Å². The molecule has 1 aliphatic heterocycles. The molecule has 3 nitrogen and oxygen atoms in total. The van der Waals surface area contributed by atoms with Crippen LogP contribution in [-0.4, -0.2) is 19.8 Å². The van der Waals surface area contributed by atoms with Gasteiger partial charge in [-0.15, -0.1) is 0 Å². The second kappa shape index (κ2) is 4.55. The number of halogens is 3. The van der Waals surface area contributed by atoms with Crippen molar-refractivity contribution in [2.24, 2.45) is 5.73 Å². The minimum Gasteiger partial charge on any atom is -0.486 e. The molecule has 1 aromatic carbocycles. The van der Waals surface area contributed by atoms with Crippen LogP contribution in [0.15, 0.2) is 12.1 Å². The predicted octanol–water partition coefficient (Wildman–Crippen LogP) is 2.86. The summed E-state index contributed by atoms with van der Waals surface area (Å²) in [5.41, 5.74) is 4.70. The van der Waals surface area contributed by atoms with E-state index >= 15 is 0 Å². The van der Waals surface area contributed by atoms with Gasteiger partial charge in [-0.3, -0.25) is 0 Å². The van der Waals surface area contributed by atoms with E-state index in [-0.39, 0.29) is 24.5 Å². The zero-order valence-electron chi connectivity index (χ0n) is 10.9. The Morgan fingerprint density at radius 1 is 1.15 bits per heavy atom. The number of ether oxygens (including phenoxy) is 2. The molecular formula is C14H16F3NO2. The first-order chi connectivity index (χ1) is 9.48. The fourth-order valence-corrected chi connectivity index (χ4v) is 3.04. The van der Waals surface area contributed by atoms with Gasteiger partial charge in [0.2, 0.25) is 0 Å². The Labute approximate surface area is 114 Å². The average Bonchev–Trinajstić information content (AvgIpc) is 2.37. The molecule has 1 heterocycles. The molecule has 2 aliphatic rings. The molecule has 1 aliphatic carbocycles. The van der Waals surface area contributed by atoms with Crippen LogP contribution in [0.3, 0.4) is 0 Å². The third kappa shape index (κ3) is 1.93. The van der Waals surface area contributed by atoms with Crippen molar-refractivity contribution < 1.29 is 22.6 Å². The molecule has 3 rings (SSSR count). The van der Waals surface area contributed by atoms with Crippen molar-refractivity contribution in [3.05, 3.63) is 23.3 Å². The topological polar surface area (TPSA) is 44.5 Å². The Morgan fingerprint density at radius 3 is 2.40 bits per heavy atom. The van der Waals surface area contributed by atoms with E-state index in [1.54, 1.807) is 0 Å². The maximum Gasteiger partial charge on any atom is 0.416 e. The van der Waals surface area contributed by atoms with Crippen LogP contribution in [0.4, 0.5) is 13.2 Å². The molecule has 110 valence electrons. The third-order valence-corrected chi connectivity index (χ3v) is 4.25. The second-order valence-electron chi connectivity index (χ2n) is 5.35. The molecule has 0 spiro atoms. The molecule has 2 N–H and O–H groups in total. The number of rotatable bonds is 2. The van der Waals surface area contributed by atoms with E-state index < -0.39 is 17.2 Å². The predicted molar refractivity (Wildman–Crippen MR) is 67.0 cm³/mol. The van der Waals surface area contributed by atoms with Crippen molar-refractivity contribution >= 4 is 0 Å². The minimum absolute atomic E-state index is 0.190. The monoisotopic (exact) mass is 287 g/mol. The van der Waals surface area contributed by atoms with Crippen LogP contribution in [0, 0.1) is 0 Å². The summed E-state index contributed by atoms with van der Waals surface area (Å²) >= 11 is 0. The van der Waals surface area contributed by atoms with E-state index in [9.17, 15) is 13.2 Å². The number of hydrogen-bond acceptors (Lipinski definition) is 3. The van der Waals surface area contributed by atoms with Crippen LogP contribution in [0.2, 0.25) is 0 Å². The lowest BCUT2D eigenvalue weighted by Crippen LogP contribution is -2.43. The molecular weight excluding hydrogens is 271 g/mol. The van der Waals surface area contributed by atoms with Crippen molar-refractivity contribution in [1.29, 1.82) is 0 Å². The van der Waals surface area contributed by atoms with Gasteiger partial charge < -0.3 is 15.2 Å². The van der Waals surface area contributed by atoms with E-state index in [1.165, 1.54) is 6.07 Å². The zero-order valence-corrected chi connectivity index (χ0v) is 10.9. The standard InChI is InChI=1S/C14H16F3NO2/c15-14(16,17)9-2-3-10-12(20-7-6-19-10)11(9)13(8-18)4-1-5-13/h2-3H,1,4-8,18H2. The summed E-state index contributed by atoms with van der Waals surface area (Å²) in [6.45, 7) is 0.811. The highest BCUT2D eigenvalue weighted by Crippen LogP contribution is 2.53. The number of nitrogens with two attached hydrogens (primary N) is 1. The molecule has 0 saturated heterocycles. The third-order valence-electron chi connectivity index (χ3n) is 4.25. The van der Waals surface area contributed by atoms with Gasteiger partial charge in [0.25, 0.3) is 0 Å². The Balaban J connectivity index is 2.22. The fourth-order valence-electron chi connectivity index (χ4n) is 3.04. The summed E-state index contributed by atoms with van der Waals surface area (Å²) in [7, 11) is 0. The summed E-state index contributed by atoms with van der Waals surface area (Å²) in [4.78, 5) is 0. The first-order valence-electron chi connectivity index (χ1n) is 6.68. The van der Waals surface area contributed by atoms with Gasteiger partial charge in [0.1, 0.15) is 13.2 Å². The lowest BCUT2D eigenvalue weighted by molar-refractivity contribution is -0.139. The molecule has 1 fully saturated rings. The maximum absolute atomic E-state index is 13.3. The Kier molecular flexibility index (Phi) is 3.08. The van der Waals surface area contributed by atoms with Crippen LogP contribution in [0.5, 0.6) is 11.5 Å². The molecule has 0 bridgehead atoms. The van der Waals surface area contributed by atoms with Gasteiger partial charge in [0, 0.05) is 17.5 Å². The van der Waals surface area contributed by atoms with Gasteiger partial charge in [-0.1, -0.05) is 6.42 Å². The molecule has 0 amide bonds. The number of benzene rings is 1. The number of hydrogen-bond donors (Lipinski definition) is 1. The molecule has 0 aromatic heterocycles. The first kappa shape index (κ1) is 13.5. The largest absolute Gasteiger partial charge is 0.486 e. The number of fused-ring (bicyclic) bond motifs is 1. The van der Waals surface area contributed by atoms with Crippen LogP contribution >= 0.6 is 0 Å². The van der Waals surface area contributed by atoms with Crippen molar-refractivity contribution in [2.75, 3.05) is 19.8 Å². The van der Waals surface area contributed by atoms with E-state index in [1.807, 2.05) is 0 Å². The van der Waals surface area contributed by atoms with Crippen LogP contribution in [0.25, 0.3) is 0 Å². The summed E-state index contributed by atoms with van der Waals surface area (Å²) in [6, 6.07) is 2.42. The Bertz CT molecular complexity index is 518. The quantitative estimate of drug-likeness (QED) is 0.909. The van der Waals surface area contributed by atoms with Crippen LogP contribution in [0.1, 0.15) is 30.4 Å². The van der Waals surface area contributed by atoms with Gasteiger partial charge in [-0.05, 0) is 25.0 Å². The average molecular weight is 287 g/mol. The smallest absolute Gasteiger partial charge is 0.416 e. The summed E-state index contributed by atoms with van der Waals surface area (Å²) in [5, 5.41) is 0. The van der Waals surface area contributed by atoms with Crippen LogP contribution < -0.4 is 15.2 Å². The maximum atomic E-state index is 13.3. The molecule has 0 radical (unpaired) electrons. The summed E-state index contributed by atoms with van der Waals surface area (Å²) in [5.74, 6) is 0.621. The number of alkyl halides is 3. The summed E-state index contributed by atoms with van der Waals surface area (Å²) < 4.78 is 50.8. The Morgan fingerprint density at radius 2 is 1.85 bits per heavy atom. The van der Waals surface area contributed by atoms with Gasteiger partial charge >= 0.3 is 6.18 Å². The zero-order chi connectivity index (χ0) is 14.4. The van der Waals surface area contributed by atoms with E-state index in [4.69, 9.17) is 15.2 Å². The van der Waals surface area contributed by atoms with Gasteiger partial charge in [-0.25, -0.2) is 0 Å². The molecule has 1 aromatic rings. The van der Waals surface area contributed by atoms with E-state index in [0.717, 1.165) is 12.5 Å². The summed E-state index contributed by atoms with van der Waals surface area (Å²) in [6.07, 6.45) is -2.21. The molecule has 0 unspecified atom stereocenters. The van der Waals surface area contributed by atoms with Gasteiger partial charge in [-0.2, -0.15) is 13.2 Å². The lowest BCUT2D eigenvalue weighted by atomic mass is 9.63. The normalized spacial score (nSPS) is 20.4. The van der Waals surface area contributed by atoms with Crippen molar-refractivity contribution in [3.63, 3.8) is 0 Å². The SMILES string of the molecule is NCC1(c2c(C(F)(F)F)ccc3c2OCCO3)CCC1. The van der Waals surface area contributed by atoms with Crippen molar-refractivity contribution in [3.8, 4) is 11.5 Å². The van der Waals surface area contributed by atoms with Gasteiger partial charge in [0.05, 0.1) is 5.56 Å². The minimum atomic E-state index is -4.41. The highest BCUT2D eigenvalue weighted by atomic mass is 19.4. The fraction of sp³-hybridized carbons (Fsp3) is 0.571. The first-order valence-corrected chi connectivity index (χ1v) is 6.68.